The topological polar surface area (TPSA) is 61.9 Å². The van der Waals surface area contributed by atoms with Gasteiger partial charge in [-0.15, -0.1) is 0 Å². The van der Waals surface area contributed by atoms with Crippen LogP contribution < -0.4 is 9.91 Å². The number of thiazole rings is 1. The van der Waals surface area contributed by atoms with Gasteiger partial charge in [0, 0.05) is 25.3 Å². The second kappa shape index (κ2) is 7.66. The van der Waals surface area contributed by atoms with Gasteiger partial charge < -0.3 is 9.32 Å². The first-order valence-electron chi connectivity index (χ1n) is 8.67. The highest BCUT2D eigenvalue weighted by molar-refractivity contribution is 7.22. The Morgan fingerprint density at radius 1 is 1.07 bits per heavy atom. The van der Waals surface area contributed by atoms with Crippen molar-refractivity contribution >= 4 is 44.5 Å². The molecule has 0 N–H and O–H groups in total. The van der Waals surface area contributed by atoms with E-state index in [1.165, 1.54) is 22.6 Å². The van der Waals surface area contributed by atoms with Crippen LogP contribution in [0.2, 0.25) is 0 Å². The fourth-order valence-corrected chi connectivity index (χ4v) is 3.57. The molecule has 0 aliphatic carbocycles. The zero-order valence-electron chi connectivity index (χ0n) is 15.4. The lowest BCUT2D eigenvalue weighted by Crippen LogP contribution is -2.25. The Hall–Kier alpha value is -3.45. The van der Waals surface area contributed by atoms with Gasteiger partial charge in [0.1, 0.15) is 5.76 Å². The number of hydrogen-bond donors (Lipinski definition) is 0. The highest BCUT2D eigenvalue weighted by atomic mass is 32.1. The Morgan fingerprint density at radius 3 is 2.54 bits per heavy atom. The van der Waals surface area contributed by atoms with Crippen LogP contribution in [0.3, 0.4) is 0 Å². The molecule has 2 aromatic carbocycles. The van der Waals surface area contributed by atoms with E-state index in [9.17, 15) is 4.79 Å². The molecule has 0 spiro atoms. The summed E-state index contributed by atoms with van der Waals surface area (Å²) in [7, 11) is 3.91. The predicted octanol–water partition coefficient (Wildman–Crippen LogP) is 4.64. The van der Waals surface area contributed by atoms with Crippen molar-refractivity contribution in [2.24, 2.45) is 5.10 Å². The van der Waals surface area contributed by atoms with Gasteiger partial charge in [-0.2, -0.15) is 10.1 Å². The molecule has 0 atom stereocenters. The van der Waals surface area contributed by atoms with Crippen LogP contribution in [-0.4, -0.2) is 31.2 Å². The molecule has 0 fully saturated rings. The number of anilines is 2. The number of nitrogens with zero attached hydrogens (tertiary/aromatic N) is 4. The summed E-state index contributed by atoms with van der Waals surface area (Å²) in [6, 6.07) is 18.7. The molecule has 0 unspecified atom stereocenters. The maximum Gasteiger partial charge on any atom is 0.280 e. The minimum absolute atomic E-state index is 0.257. The SMILES string of the molecule is CN(C)c1ccc(C(=O)N(/N=C\c2ccco2)c2nc3ccccc3s2)cc1. The average molecular weight is 390 g/mol. The standard InChI is InChI=1S/C21H18N4O2S/c1-24(2)16-11-9-15(10-12-16)20(26)25(22-14-17-6-5-13-27-17)21-23-18-7-3-4-8-19(18)28-21/h3-14H,1-2H3/b22-14-. The lowest BCUT2D eigenvalue weighted by atomic mass is 10.2. The zero-order valence-corrected chi connectivity index (χ0v) is 16.3. The highest BCUT2D eigenvalue weighted by Gasteiger charge is 2.21. The molecule has 0 bridgehead atoms. The molecule has 4 rings (SSSR count). The first-order chi connectivity index (χ1) is 13.6. The van der Waals surface area contributed by atoms with Crippen molar-refractivity contribution in [3.8, 4) is 0 Å². The van der Waals surface area contributed by atoms with E-state index < -0.39 is 0 Å². The van der Waals surface area contributed by atoms with Gasteiger partial charge in [0.2, 0.25) is 5.13 Å². The number of hydrogen-bond acceptors (Lipinski definition) is 6. The summed E-state index contributed by atoms with van der Waals surface area (Å²) in [6.07, 6.45) is 3.07. The molecule has 0 aliphatic heterocycles. The zero-order chi connectivity index (χ0) is 19.5. The Morgan fingerprint density at radius 2 is 1.86 bits per heavy atom. The average Bonchev–Trinajstić information content (AvgIpc) is 3.37. The quantitative estimate of drug-likeness (QED) is 0.368. The van der Waals surface area contributed by atoms with Crippen molar-refractivity contribution in [3.05, 3.63) is 78.3 Å². The third kappa shape index (κ3) is 3.65. The number of fused-ring (bicyclic) bond motifs is 1. The number of carbonyl (C=O) groups excluding carboxylic acids is 1. The summed E-state index contributed by atoms with van der Waals surface area (Å²) in [6.45, 7) is 0. The number of aromatic nitrogens is 1. The molecule has 7 heteroatoms. The summed E-state index contributed by atoms with van der Waals surface area (Å²) in [5, 5.41) is 6.19. The summed E-state index contributed by atoms with van der Waals surface area (Å²) in [5.41, 5.74) is 2.38. The molecule has 140 valence electrons. The van der Waals surface area contributed by atoms with Crippen LogP contribution in [0.5, 0.6) is 0 Å². The molecule has 0 saturated carbocycles. The van der Waals surface area contributed by atoms with Gasteiger partial charge in [0.05, 0.1) is 22.7 Å². The molecular weight excluding hydrogens is 372 g/mol. The number of amides is 1. The van der Waals surface area contributed by atoms with Crippen LogP contribution >= 0.6 is 11.3 Å². The number of carbonyl (C=O) groups is 1. The number of furan rings is 1. The van der Waals surface area contributed by atoms with Gasteiger partial charge in [-0.3, -0.25) is 4.79 Å². The molecule has 0 saturated heterocycles. The van der Waals surface area contributed by atoms with Gasteiger partial charge >= 0.3 is 0 Å². The summed E-state index contributed by atoms with van der Waals surface area (Å²) in [5.74, 6) is 0.300. The van der Waals surface area contributed by atoms with E-state index in [0.717, 1.165) is 15.9 Å². The number of rotatable bonds is 5. The van der Waals surface area contributed by atoms with Crippen molar-refractivity contribution < 1.29 is 9.21 Å². The molecule has 4 aromatic rings. The summed E-state index contributed by atoms with van der Waals surface area (Å²) >= 11 is 1.42. The van der Waals surface area contributed by atoms with E-state index in [1.54, 1.807) is 30.5 Å². The van der Waals surface area contributed by atoms with Crippen molar-refractivity contribution in [3.63, 3.8) is 0 Å². The monoisotopic (exact) mass is 390 g/mol. The Labute approximate surface area is 166 Å². The van der Waals surface area contributed by atoms with Crippen LogP contribution in [0.4, 0.5) is 10.8 Å². The normalized spacial score (nSPS) is 11.2. The van der Waals surface area contributed by atoms with Crippen molar-refractivity contribution in [2.75, 3.05) is 24.0 Å². The number of hydrazone groups is 1. The molecule has 2 heterocycles. The molecule has 28 heavy (non-hydrogen) atoms. The second-order valence-electron chi connectivity index (χ2n) is 6.28. The predicted molar refractivity (Wildman–Crippen MR) is 114 cm³/mol. The Kier molecular flexibility index (Phi) is 4.90. The fourth-order valence-electron chi connectivity index (χ4n) is 2.64. The van der Waals surface area contributed by atoms with Gasteiger partial charge in [-0.05, 0) is 48.5 Å². The molecule has 1 amide bonds. The smallest absolute Gasteiger partial charge is 0.280 e. The van der Waals surface area contributed by atoms with E-state index in [1.807, 2.05) is 55.4 Å². The first-order valence-corrected chi connectivity index (χ1v) is 9.48. The van der Waals surface area contributed by atoms with Crippen LogP contribution in [0.15, 0.2) is 76.4 Å². The third-order valence-corrected chi connectivity index (χ3v) is 5.14. The van der Waals surface area contributed by atoms with Gasteiger partial charge in [0.15, 0.2) is 0 Å². The first kappa shape index (κ1) is 17.9. The van der Waals surface area contributed by atoms with Gasteiger partial charge in [-0.1, -0.05) is 23.5 Å². The van der Waals surface area contributed by atoms with Crippen LogP contribution in [-0.2, 0) is 0 Å². The second-order valence-corrected chi connectivity index (χ2v) is 7.29. The maximum atomic E-state index is 13.2. The lowest BCUT2D eigenvalue weighted by molar-refractivity contribution is 0.0988. The molecule has 0 radical (unpaired) electrons. The lowest BCUT2D eigenvalue weighted by Gasteiger charge is -2.15. The van der Waals surface area contributed by atoms with Crippen LogP contribution in [0.1, 0.15) is 16.1 Å². The van der Waals surface area contributed by atoms with Crippen LogP contribution in [0.25, 0.3) is 10.2 Å². The largest absolute Gasteiger partial charge is 0.463 e. The fraction of sp³-hybridized carbons (Fsp3) is 0.0952. The van der Waals surface area contributed by atoms with Crippen molar-refractivity contribution in [1.82, 2.24) is 4.98 Å². The number of benzene rings is 2. The molecule has 0 aliphatic rings. The Balaban J connectivity index is 1.72. The Bertz CT molecular complexity index is 1080. The van der Waals surface area contributed by atoms with Gasteiger partial charge in [0.25, 0.3) is 5.91 Å². The molecular formula is C21H18N4O2S. The molecule has 6 nitrogen and oxygen atoms in total. The minimum Gasteiger partial charge on any atom is -0.463 e. The highest BCUT2D eigenvalue weighted by Crippen LogP contribution is 2.30. The van der Waals surface area contributed by atoms with Crippen LogP contribution in [0, 0.1) is 0 Å². The third-order valence-electron chi connectivity index (χ3n) is 4.13. The van der Waals surface area contributed by atoms with E-state index in [4.69, 9.17) is 4.42 Å². The van der Waals surface area contributed by atoms with E-state index >= 15 is 0 Å². The maximum absolute atomic E-state index is 13.2. The van der Waals surface area contributed by atoms with Gasteiger partial charge in [-0.25, -0.2) is 4.98 Å². The van der Waals surface area contributed by atoms with E-state index in [0.29, 0.717) is 16.5 Å². The van der Waals surface area contributed by atoms with Crippen molar-refractivity contribution in [1.29, 1.82) is 0 Å². The summed E-state index contributed by atoms with van der Waals surface area (Å²) < 4.78 is 6.29. The molecule has 2 aromatic heterocycles. The minimum atomic E-state index is -0.257. The number of para-hydroxylation sites is 1. The van der Waals surface area contributed by atoms with E-state index in [-0.39, 0.29) is 5.91 Å². The summed E-state index contributed by atoms with van der Waals surface area (Å²) in [4.78, 5) is 19.8. The van der Waals surface area contributed by atoms with E-state index in [2.05, 4.69) is 10.1 Å². The van der Waals surface area contributed by atoms with Crippen molar-refractivity contribution in [2.45, 2.75) is 0 Å².